The molecule has 19 heavy (non-hydrogen) atoms. The summed E-state index contributed by atoms with van der Waals surface area (Å²) in [4.78, 5) is 14.3. The number of alkyl halides is 2. The highest BCUT2D eigenvalue weighted by molar-refractivity contribution is 7.99. The number of Topliss-reactive ketones (excluding diaryl/α,β-unsaturated/α-hetero) is 1. The van der Waals surface area contributed by atoms with E-state index in [9.17, 15) is 13.6 Å². The number of ketones is 1. The number of thioether (sulfide) groups is 1. The predicted octanol–water partition coefficient (Wildman–Crippen LogP) is 3.81. The Morgan fingerprint density at radius 2 is 2.00 bits per heavy atom. The van der Waals surface area contributed by atoms with Gasteiger partial charge in [0.1, 0.15) is 5.78 Å². The molecule has 2 nitrogen and oxygen atoms in total. The SMILES string of the molecule is CC1C(=O)CCN(c2ccccc2SC(F)F)C1C. The van der Waals surface area contributed by atoms with Crippen LogP contribution >= 0.6 is 11.8 Å². The zero-order chi connectivity index (χ0) is 14.0. The molecule has 0 amide bonds. The van der Waals surface area contributed by atoms with Crippen LogP contribution in [0.1, 0.15) is 20.3 Å². The molecular weight excluding hydrogens is 268 g/mol. The minimum atomic E-state index is -2.43. The summed E-state index contributed by atoms with van der Waals surface area (Å²) in [7, 11) is 0. The van der Waals surface area contributed by atoms with Crippen molar-refractivity contribution in [1.82, 2.24) is 0 Å². The predicted molar refractivity (Wildman–Crippen MR) is 73.9 cm³/mol. The zero-order valence-electron chi connectivity index (χ0n) is 11.0. The Kier molecular flexibility index (Phi) is 4.45. The molecule has 2 rings (SSSR count). The molecule has 1 aromatic carbocycles. The molecule has 0 spiro atoms. The molecule has 104 valence electrons. The number of halogens is 2. The standard InChI is InChI=1S/C14H17F2NOS/c1-9-10(2)17(8-7-12(9)18)11-5-3-4-6-13(11)19-14(15)16/h3-6,9-10,14H,7-8H2,1-2H3. The van der Waals surface area contributed by atoms with Crippen molar-refractivity contribution in [2.45, 2.75) is 37.0 Å². The minimum Gasteiger partial charge on any atom is -0.367 e. The first-order valence-corrected chi connectivity index (χ1v) is 7.22. The normalized spacial score (nSPS) is 24.1. The molecule has 1 aliphatic rings. The van der Waals surface area contributed by atoms with Crippen LogP contribution in [-0.2, 0) is 4.79 Å². The Labute approximate surface area is 116 Å². The number of carbonyl (C=O) groups excluding carboxylic acids is 1. The van der Waals surface area contributed by atoms with Gasteiger partial charge < -0.3 is 4.90 Å². The Hall–Kier alpha value is -1.10. The van der Waals surface area contributed by atoms with Gasteiger partial charge in [0.2, 0.25) is 0 Å². The third kappa shape index (κ3) is 3.08. The number of benzene rings is 1. The zero-order valence-corrected chi connectivity index (χ0v) is 11.8. The van der Waals surface area contributed by atoms with Gasteiger partial charge in [-0.25, -0.2) is 0 Å². The molecule has 0 aliphatic carbocycles. The maximum atomic E-state index is 12.6. The van der Waals surface area contributed by atoms with E-state index in [-0.39, 0.29) is 17.7 Å². The summed E-state index contributed by atoms with van der Waals surface area (Å²) in [5, 5.41) is 0. The summed E-state index contributed by atoms with van der Waals surface area (Å²) >= 11 is 0.563. The molecule has 0 saturated carbocycles. The van der Waals surface area contributed by atoms with Crippen LogP contribution in [0.15, 0.2) is 29.2 Å². The lowest BCUT2D eigenvalue weighted by atomic mass is 9.90. The summed E-state index contributed by atoms with van der Waals surface area (Å²) in [6.07, 6.45) is 0.485. The van der Waals surface area contributed by atoms with Crippen molar-refractivity contribution in [3.63, 3.8) is 0 Å². The van der Waals surface area contributed by atoms with Crippen molar-refractivity contribution >= 4 is 23.2 Å². The molecule has 2 unspecified atom stereocenters. The van der Waals surface area contributed by atoms with E-state index >= 15 is 0 Å². The molecule has 1 saturated heterocycles. The van der Waals surface area contributed by atoms with Crippen LogP contribution in [0.3, 0.4) is 0 Å². The van der Waals surface area contributed by atoms with Crippen molar-refractivity contribution in [3.8, 4) is 0 Å². The molecule has 2 atom stereocenters. The maximum Gasteiger partial charge on any atom is 0.288 e. The van der Waals surface area contributed by atoms with Crippen LogP contribution in [-0.4, -0.2) is 24.1 Å². The van der Waals surface area contributed by atoms with Gasteiger partial charge in [-0.3, -0.25) is 4.79 Å². The van der Waals surface area contributed by atoms with Crippen LogP contribution < -0.4 is 4.90 Å². The second-order valence-corrected chi connectivity index (χ2v) is 5.82. The van der Waals surface area contributed by atoms with Gasteiger partial charge in [-0.05, 0) is 19.1 Å². The first kappa shape index (κ1) is 14.3. The van der Waals surface area contributed by atoms with Gasteiger partial charge >= 0.3 is 0 Å². The van der Waals surface area contributed by atoms with Crippen LogP contribution in [0.5, 0.6) is 0 Å². The third-order valence-corrected chi connectivity index (χ3v) is 4.49. The number of rotatable bonds is 3. The molecular formula is C14H17F2NOS. The molecule has 0 aromatic heterocycles. The van der Waals surface area contributed by atoms with E-state index < -0.39 is 5.76 Å². The monoisotopic (exact) mass is 285 g/mol. The average molecular weight is 285 g/mol. The Bertz CT molecular complexity index is 467. The third-order valence-electron chi connectivity index (χ3n) is 3.71. The largest absolute Gasteiger partial charge is 0.367 e. The highest BCUT2D eigenvalue weighted by Gasteiger charge is 2.32. The minimum absolute atomic E-state index is 0.0423. The lowest BCUT2D eigenvalue weighted by molar-refractivity contribution is -0.123. The molecule has 0 bridgehead atoms. The second kappa shape index (κ2) is 5.90. The second-order valence-electron chi connectivity index (χ2n) is 4.79. The number of hydrogen-bond acceptors (Lipinski definition) is 3. The molecule has 1 aliphatic heterocycles. The van der Waals surface area contributed by atoms with Gasteiger partial charge in [0.15, 0.2) is 0 Å². The fraction of sp³-hybridized carbons (Fsp3) is 0.500. The summed E-state index contributed by atoms with van der Waals surface area (Å²) in [6, 6.07) is 7.21. The fourth-order valence-corrected chi connectivity index (χ4v) is 3.09. The number of hydrogen-bond donors (Lipinski definition) is 0. The van der Waals surface area contributed by atoms with Crippen LogP contribution in [0, 0.1) is 5.92 Å². The number of anilines is 1. The van der Waals surface area contributed by atoms with Crippen LogP contribution in [0.25, 0.3) is 0 Å². The number of piperidine rings is 1. The molecule has 1 heterocycles. The molecule has 5 heteroatoms. The van der Waals surface area contributed by atoms with Gasteiger partial charge in [-0.1, -0.05) is 30.8 Å². The smallest absolute Gasteiger partial charge is 0.288 e. The van der Waals surface area contributed by atoms with Crippen molar-refractivity contribution in [2.24, 2.45) is 5.92 Å². The van der Waals surface area contributed by atoms with E-state index in [1.807, 2.05) is 26.0 Å². The Morgan fingerprint density at radius 3 is 2.68 bits per heavy atom. The average Bonchev–Trinajstić information content (AvgIpc) is 2.37. The van der Waals surface area contributed by atoms with Crippen molar-refractivity contribution in [2.75, 3.05) is 11.4 Å². The molecule has 1 aromatic rings. The van der Waals surface area contributed by atoms with Crippen molar-refractivity contribution in [1.29, 1.82) is 0 Å². The molecule has 1 fully saturated rings. The highest BCUT2D eigenvalue weighted by atomic mass is 32.2. The van der Waals surface area contributed by atoms with Crippen molar-refractivity contribution < 1.29 is 13.6 Å². The molecule has 0 N–H and O–H groups in total. The Balaban J connectivity index is 2.28. The Morgan fingerprint density at radius 1 is 1.32 bits per heavy atom. The lowest BCUT2D eigenvalue weighted by Crippen LogP contribution is -2.47. The summed E-state index contributed by atoms with van der Waals surface area (Å²) < 4.78 is 25.2. The fourth-order valence-electron chi connectivity index (χ4n) is 2.43. The van der Waals surface area contributed by atoms with Crippen LogP contribution in [0.2, 0.25) is 0 Å². The van der Waals surface area contributed by atoms with Gasteiger partial charge in [0.05, 0.1) is 5.69 Å². The highest BCUT2D eigenvalue weighted by Crippen LogP contribution is 2.37. The van der Waals surface area contributed by atoms with Gasteiger partial charge in [0.25, 0.3) is 5.76 Å². The van der Waals surface area contributed by atoms with Gasteiger partial charge in [-0.15, -0.1) is 0 Å². The van der Waals surface area contributed by atoms with E-state index in [1.54, 1.807) is 12.1 Å². The first-order chi connectivity index (χ1) is 9.00. The number of nitrogens with zero attached hydrogens (tertiary/aromatic N) is 1. The first-order valence-electron chi connectivity index (χ1n) is 6.34. The van der Waals surface area contributed by atoms with E-state index in [0.29, 0.717) is 29.6 Å². The maximum absolute atomic E-state index is 12.6. The van der Waals surface area contributed by atoms with Gasteiger partial charge in [-0.2, -0.15) is 8.78 Å². The van der Waals surface area contributed by atoms with Gasteiger partial charge in [0, 0.05) is 29.8 Å². The van der Waals surface area contributed by atoms with E-state index in [4.69, 9.17) is 0 Å². The van der Waals surface area contributed by atoms with Crippen molar-refractivity contribution in [3.05, 3.63) is 24.3 Å². The quantitative estimate of drug-likeness (QED) is 0.788. The summed E-state index contributed by atoms with van der Waals surface area (Å²) in [6.45, 7) is 4.48. The van der Waals surface area contributed by atoms with E-state index in [0.717, 1.165) is 5.69 Å². The lowest BCUT2D eigenvalue weighted by Gasteiger charge is -2.39. The number of carbonyl (C=O) groups is 1. The number of para-hydroxylation sites is 1. The summed E-state index contributed by atoms with van der Waals surface area (Å²) in [5.41, 5.74) is 0.805. The summed E-state index contributed by atoms with van der Waals surface area (Å²) in [5.74, 6) is -2.23. The van der Waals surface area contributed by atoms with E-state index in [1.165, 1.54) is 0 Å². The topological polar surface area (TPSA) is 20.3 Å². The van der Waals surface area contributed by atoms with Crippen LogP contribution in [0.4, 0.5) is 14.5 Å². The molecule has 0 radical (unpaired) electrons. The van der Waals surface area contributed by atoms with E-state index in [2.05, 4.69) is 4.90 Å².